The molecule has 4 heteroatoms. The van der Waals surface area contributed by atoms with Crippen molar-refractivity contribution in [3.05, 3.63) is 54.2 Å². The molecule has 0 unspecified atom stereocenters. The minimum atomic E-state index is 1.02. The quantitative estimate of drug-likeness (QED) is 0.853. The predicted octanol–water partition coefficient (Wildman–Crippen LogP) is 3.39. The molecule has 2 saturated heterocycles. The first kappa shape index (κ1) is 16.4. The normalized spacial score (nSPS) is 19.2. The maximum absolute atomic E-state index is 4.72. The van der Waals surface area contributed by atoms with Gasteiger partial charge in [0, 0.05) is 63.3 Å². The molecule has 0 atom stereocenters. The van der Waals surface area contributed by atoms with E-state index in [0.29, 0.717) is 0 Å². The molecule has 0 aliphatic carbocycles. The molecule has 2 aliphatic heterocycles. The molecule has 0 amide bonds. The van der Waals surface area contributed by atoms with E-state index in [1.165, 1.54) is 36.3 Å². The number of aromatic nitrogens is 1. The lowest BCUT2D eigenvalue weighted by Gasteiger charge is -2.37. The summed E-state index contributed by atoms with van der Waals surface area (Å²) in [7, 11) is 0. The number of rotatable bonds is 4. The van der Waals surface area contributed by atoms with Crippen molar-refractivity contribution < 1.29 is 0 Å². The summed E-state index contributed by atoms with van der Waals surface area (Å²) in [5.41, 5.74) is 2.73. The summed E-state index contributed by atoms with van der Waals surface area (Å²) in [5, 5.41) is 0. The van der Waals surface area contributed by atoms with Gasteiger partial charge in [-0.25, -0.2) is 4.98 Å². The second-order valence-corrected chi connectivity index (χ2v) is 7.13. The topological polar surface area (TPSA) is 22.6 Å². The highest BCUT2D eigenvalue weighted by Gasteiger charge is 2.20. The molecule has 2 aliphatic rings. The van der Waals surface area contributed by atoms with E-state index in [1.54, 1.807) is 0 Å². The molecule has 132 valence electrons. The molecule has 0 saturated carbocycles. The molecular weight excluding hydrogens is 308 g/mol. The monoisotopic (exact) mass is 336 g/mol. The summed E-state index contributed by atoms with van der Waals surface area (Å²) in [6.07, 6.45) is 5.90. The summed E-state index contributed by atoms with van der Waals surface area (Å²) in [5.74, 6) is 1.22. The Bertz CT molecular complexity index is 659. The van der Waals surface area contributed by atoms with E-state index < -0.39 is 0 Å². The molecule has 2 aromatic rings. The highest BCUT2D eigenvalue weighted by Crippen LogP contribution is 2.24. The van der Waals surface area contributed by atoms with E-state index >= 15 is 0 Å². The average molecular weight is 336 g/mol. The number of anilines is 2. The number of piperidine rings is 1. The second-order valence-electron chi connectivity index (χ2n) is 7.13. The molecule has 0 radical (unpaired) electrons. The molecule has 2 fully saturated rings. The van der Waals surface area contributed by atoms with Crippen LogP contribution in [0, 0.1) is 0 Å². The van der Waals surface area contributed by atoms with Crippen molar-refractivity contribution in [2.45, 2.75) is 25.8 Å². The molecular formula is C21H28N4. The molecule has 25 heavy (non-hydrogen) atoms. The number of hydrogen-bond acceptors (Lipinski definition) is 4. The standard InChI is InChI=1S/C21H28N4/c1-3-9-20(10-4-1)24-16-14-23(15-17-24)18-19-8-7-11-22-21(19)25-12-5-2-6-13-25/h1,3-4,7-11H,2,5-6,12-18H2. The second kappa shape index (κ2) is 7.87. The number of pyridine rings is 1. The van der Waals surface area contributed by atoms with E-state index in [1.807, 2.05) is 6.20 Å². The van der Waals surface area contributed by atoms with Gasteiger partial charge in [0.15, 0.2) is 0 Å². The predicted molar refractivity (Wildman–Crippen MR) is 104 cm³/mol. The van der Waals surface area contributed by atoms with Crippen molar-refractivity contribution >= 4 is 11.5 Å². The van der Waals surface area contributed by atoms with Crippen LogP contribution in [0.1, 0.15) is 24.8 Å². The molecule has 0 spiro atoms. The third kappa shape index (κ3) is 3.96. The maximum atomic E-state index is 4.72. The minimum absolute atomic E-state index is 1.02. The number of piperazine rings is 1. The Labute approximate surface area is 151 Å². The van der Waals surface area contributed by atoms with Crippen molar-refractivity contribution in [3.63, 3.8) is 0 Å². The van der Waals surface area contributed by atoms with Crippen LogP contribution >= 0.6 is 0 Å². The van der Waals surface area contributed by atoms with Gasteiger partial charge in [-0.2, -0.15) is 0 Å². The van der Waals surface area contributed by atoms with E-state index in [0.717, 1.165) is 45.8 Å². The van der Waals surface area contributed by atoms with Gasteiger partial charge in [0.1, 0.15) is 5.82 Å². The maximum Gasteiger partial charge on any atom is 0.133 e. The zero-order valence-corrected chi connectivity index (χ0v) is 15.0. The Morgan fingerprint density at radius 1 is 0.720 bits per heavy atom. The lowest BCUT2D eigenvalue weighted by Crippen LogP contribution is -2.46. The molecule has 1 aromatic carbocycles. The fraction of sp³-hybridized carbons (Fsp3) is 0.476. The first-order chi connectivity index (χ1) is 12.4. The van der Waals surface area contributed by atoms with Crippen molar-refractivity contribution in [1.29, 1.82) is 0 Å². The fourth-order valence-electron chi connectivity index (χ4n) is 3.99. The summed E-state index contributed by atoms with van der Waals surface area (Å²) < 4.78 is 0. The summed E-state index contributed by atoms with van der Waals surface area (Å²) in [4.78, 5) is 12.3. The third-order valence-corrected chi connectivity index (χ3v) is 5.41. The van der Waals surface area contributed by atoms with Gasteiger partial charge >= 0.3 is 0 Å². The largest absolute Gasteiger partial charge is 0.369 e. The minimum Gasteiger partial charge on any atom is -0.369 e. The first-order valence-electron chi connectivity index (χ1n) is 9.61. The molecule has 0 bridgehead atoms. The van der Waals surface area contributed by atoms with Crippen LogP contribution in [-0.4, -0.2) is 49.2 Å². The van der Waals surface area contributed by atoms with E-state index in [4.69, 9.17) is 4.98 Å². The van der Waals surface area contributed by atoms with Crippen molar-refractivity contribution in [3.8, 4) is 0 Å². The van der Waals surface area contributed by atoms with Crippen LogP contribution in [0.5, 0.6) is 0 Å². The Morgan fingerprint density at radius 3 is 2.24 bits per heavy atom. The van der Waals surface area contributed by atoms with E-state index in [-0.39, 0.29) is 0 Å². The molecule has 4 rings (SSSR count). The van der Waals surface area contributed by atoms with Crippen LogP contribution in [-0.2, 0) is 6.54 Å². The van der Waals surface area contributed by atoms with E-state index in [9.17, 15) is 0 Å². The SMILES string of the molecule is c1ccc(N2CCN(Cc3cccnc3N3CCCCC3)CC2)cc1. The summed E-state index contributed by atoms with van der Waals surface area (Å²) in [6, 6.07) is 15.1. The van der Waals surface area contributed by atoms with Gasteiger partial charge in [-0.1, -0.05) is 24.3 Å². The fourth-order valence-corrected chi connectivity index (χ4v) is 3.99. The lowest BCUT2D eigenvalue weighted by molar-refractivity contribution is 0.249. The van der Waals surface area contributed by atoms with Crippen molar-refractivity contribution in [2.24, 2.45) is 0 Å². The zero-order valence-electron chi connectivity index (χ0n) is 15.0. The summed E-state index contributed by atoms with van der Waals surface area (Å²) >= 11 is 0. The number of benzene rings is 1. The molecule has 0 N–H and O–H groups in total. The lowest BCUT2D eigenvalue weighted by atomic mass is 10.1. The number of nitrogens with zero attached hydrogens (tertiary/aromatic N) is 4. The van der Waals surface area contributed by atoms with Crippen molar-refractivity contribution in [1.82, 2.24) is 9.88 Å². The Balaban J connectivity index is 1.39. The van der Waals surface area contributed by atoms with Crippen LogP contribution in [0.3, 0.4) is 0 Å². The van der Waals surface area contributed by atoms with Gasteiger partial charge in [0.2, 0.25) is 0 Å². The molecule has 3 heterocycles. The van der Waals surface area contributed by atoms with Crippen LogP contribution in [0.4, 0.5) is 11.5 Å². The van der Waals surface area contributed by atoms with Crippen LogP contribution in [0.25, 0.3) is 0 Å². The number of hydrogen-bond donors (Lipinski definition) is 0. The van der Waals surface area contributed by atoms with Gasteiger partial charge in [0.05, 0.1) is 0 Å². The Kier molecular flexibility index (Phi) is 5.17. The van der Waals surface area contributed by atoms with Gasteiger partial charge in [0.25, 0.3) is 0 Å². The highest BCUT2D eigenvalue weighted by atomic mass is 15.3. The molecule has 4 nitrogen and oxygen atoms in total. The Hall–Kier alpha value is -2.07. The third-order valence-electron chi connectivity index (χ3n) is 5.41. The van der Waals surface area contributed by atoms with Crippen LogP contribution < -0.4 is 9.80 Å². The van der Waals surface area contributed by atoms with Gasteiger partial charge in [-0.3, -0.25) is 4.90 Å². The van der Waals surface area contributed by atoms with Gasteiger partial charge in [-0.15, -0.1) is 0 Å². The van der Waals surface area contributed by atoms with Gasteiger partial charge < -0.3 is 9.80 Å². The molecule has 1 aromatic heterocycles. The van der Waals surface area contributed by atoms with Crippen LogP contribution in [0.15, 0.2) is 48.7 Å². The Morgan fingerprint density at radius 2 is 1.48 bits per heavy atom. The number of para-hydroxylation sites is 1. The van der Waals surface area contributed by atoms with Gasteiger partial charge in [-0.05, 0) is 37.5 Å². The smallest absolute Gasteiger partial charge is 0.133 e. The summed E-state index contributed by atoms with van der Waals surface area (Å²) in [6.45, 7) is 7.76. The zero-order chi connectivity index (χ0) is 16.9. The highest BCUT2D eigenvalue weighted by molar-refractivity contribution is 5.48. The average Bonchev–Trinajstić information content (AvgIpc) is 2.70. The van der Waals surface area contributed by atoms with E-state index in [2.05, 4.69) is 57.2 Å². The van der Waals surface area contributed by atoms with Crippen LogP contribution in [0.2, 0.25) is 0 Å². The first-order valence-corrected chi connectivity index (χ1v) is 9.61. The van der Waals surface area contributed by atoms with Crippen molar-refractivity contribution in [2.75, 3.05) is 49.1 Å².